The number of nitrogens with one attached hydrogen (secondary N) is 1. The maximum absolute atomic E-state index is 11.6. The van der Waals surface area contributed by atoms with Crippen LogP contribution in [0, 0.1) is 9.49 Å². The maximum Gasteiger partial charge on any atom is 0.335 e. The number of hydrogen-bond acceptors (Lipinski definition) is 2. The number of aromatic carboxylic acids is 1. The Morgan fingerprint density at radius 1 is 1.35 bits per heavy atom. The molecule has 0 aromatic heterocycles. The van der Waals surface area contributed by atoms with E-state index in [1.54, 1.807) is 12.1 Å². The molecule has 92 valence electrons. The molecule has 1 rings (SSSR count). The van der Waals surface area contributed by atoms with Crippen molar-refractivity contribution in [2.24, 2.45) is 5.92 Å². The maximum atomic E-state index is 11.6. The molecule has 0 aliphatic heterocycles. The van der Waals surface area contributed by atoms with Crippen LogP contribution in [0.25, 0.3) is 0 Å². The number of anilines is 1. The Morgan fingerprint density at radius 3 is 2.53 bits per heavy atom. The first-order valence-electron chi connectivity index (χ1n) is 5.22. The van der Waals surface area contributed by atoms with E-state index in [2.05, 4.69) is 5.32 Å². The van der Waals surface area contributed by atoms with Gasteiger partial charge in [0.05, 0.1) is 5.56 Å². The van der Waals surface area contributed by atoms with Gasteiger partial charge in [0, 0.05) is 15.7 Å². The highest BCUT2D eigenvalue weighted by atomic mass is 127. The van der Waals surface area contributed by atoms with Crippen LogP contribution in [0.4, 0.5) is 5.69 Å². The molecule has 0 heterocycles. The summed E-state index contributed by atoms with van der Waals surface area (Å²) in [5, 5.41) is 11.6. The summed E-state index contributed by atoms with van der Waals surface area (Å²) >= 11 is 2.02. The lowest BCUT2D eigenvalue weighted by Crippen LogP contribution is -2.14. The number of amides is 1. The van der Waals surface area contributed by atoms with Crippen molar-refractivity contribution in [2.75, 3.05) is 5.32 Å². The van der Waals surface area contributed by atoms with Crippen LogP contribution in [0.1, 0.15) is 30.6 Å². The van der Waals surface area contributed by atoms with Gasteiger partial charge in [0.15, 0.2) is 0 Å². The second-order valence-electron chi connectivity index (χ2n) is 4.18. The van der Waals surface area contributed by atoms with E-state index >= 15 is 0 Å². The molecule has 0 atom stereocenters. The molecule has 0 saturated carbocycles. The summed E-state index contributed by atoms with van der Waals surface area (Å²) in [7, 11) is 0. The molecule has 17 heavy (non-hydrogen) atoms. The van der Waals surface area contributed by atoms with Crippen molar-refractivity contribution >= 4 is 40.2 Å². The van der Waals surface area contributed by atoms with Crippen molar-refractivity contribution in [2.45, 2.75) is 20.3 Å². The molecule has 0 saturated heterocycles. The first kappa shape index (κ1) is 14.0. The number of carboxylic acids is 1. The fourth-order valence-corrected chi connectivity index (χ4v) is 2.04. The highest BCUT2D eigenvalue weighted by Gasteiger charge is 2.09. The molecule has 0 aliphatic carbocycles. The highest BCUT2D eigenvalue weighted by molar-refractivity contribution is 14.1. The molecule has 1 aromatic rings. The van der Waals surface area contributed by atoms with Gasteiger partial charge in [-0.2, -0.15) is 0 Å². The van der Waals surface area contributed by atoms with Gasteiger partial charge in [0.25, 0.3) is 0 Å². The van der Waals surface area contributed by atoms with Crippen LogP contribution in [0.5, 0.6) is 0 Å². The third-order valence-corrected chi connectivity index (χ3v) is 2.64. The lowest BCUT2D eigenvalue weighted by molar-refractivity contribution is -0.116. The molecular formula is C12H14INO3. The molecule has 1 aromatic carbocycles. The topological polar surface area (TPSA) is 66.4 Å². The molecule has 0 bridgehead atoms. The van der Waals surface area contributed by atoms with Crippen molar-refractivity contribution in [1.82, 2.24) is 0 Å². The van der Waals surface area contributed by atoms with Crippen molar-refractivity contribution in [3.8, 4) is 0 Å². The summed E-state index contributed by atoms with van der Waals surface area (Å²) in [6.07, 6.45) is 0.424. The number of rotatable bonds is 4. The Hall–Kier alpha value is -1.11. The van der Waals surface area contributed by atoms with E-state index in [9.17, 15) is 9.59 Å². The van der Waals surface area contributed by atoms with Crippen LogP contribution in [-0.4, -0.2) is 17.0 Å². The fourth-order valence-electron chi connectivity index (χ4n) is 1.37. The van der Waals surface area contributed by atoms with E-state index in [0.717, 1.165) is 3.57 Å². The molecular weight excluding hydrogens is 333 g/mol. The molecule has 4 nitrogen and oxygen atoms in total. The third-order valence-electron chi connectivity index (χ3n) is 2.02. The van der Waals surface area contributed by atoms with Crippen molar-refractivity contribution in [3.05, 3.63) is 27.3 Å². The van der Waals surface area contributed by atoms with Gasteiger partial charge in [-0.25, -0.2) is 4.79 Å². The minimum absolute atomic E-state index is 0.0988. The van der Waals surface area contributed by atoms with Crippen molar-refractivity contribution < 1.29 is 14.7 Å². The summed E-state index contributed by atoms with van der Waals surface area (Å²) in [5.74, 6) is -0.821. The molecule has 5 heteroatoms. The van der Waals surface area contributed by atoms with E-state index in [4.69, 9.17) is 5.11 Å². The number of carboxylic acid groups (broad SMARTS) is 1. The van der Waals surface area contributed by atoms with Gasteiger partial charge in [-0.1, -0.05) is 13.8 Å². The molecule has 0 unspecified atom stereocenters. The Morgan fingerprint density at radius 2 is 2.00 bits per heavy atom. The van der Waals surface area contributed by atoms with Gasteiger partial charge >= 0.3 is 5.97 Å². The zero-order chi connectivity index (χ0) is 13.0. The van der Waals surface area contributed by atoms with E-state index in [1.165, 1.54) is 6.07 Å². The predicted molar refractivity (Wildman–Crippen MR) is 74.2 cm³/mol. The van der Waals surface area contributed by atoms with E-state index < -0.39 is 5.97 Å². The zero-order valence-electron chi connectivity index (χ0n) is 9.66. The summed E-state index contributed by atoms with van der Waals surface area (Å²) < 4.78 is 0.780. The first-order chi connectivity index (χ1) is 7.88. The van der Waals surface area contributed by atoms with Crippen LogP contribution in [0.3, 0.4) is 0 Å². The number of benzene rings is 1. The van der Waals surface area contributed by atoms with Crippen molar-refractivity contribution in [3.63, 3.8) is 0 Å². The average Bonchev–Trinajstić information content (AvgIpc) is 2.14. The molecule has 0 radical (unpaired) electrons. The van der Waals surface area contributed by atoms with Gasteiger partial charge in [0.2, 0.25) is 5.91 Å². The predicted octanol–water partition coefficient (Wildman–Crippen LogP) is 2.97. The second-order valence-corrected chi connectivity index (χ2v) is 5.43. The fraction of sp³-hybridized carbons (Fsp3) is 0.333. The molecule has 1 amide bonds. The van der Waals surface area contributed by atoms with E-state index in [0.29, 0.717) is 12.1 Å². The third kappa shape index (κ3) is 4.72. The standard InChI is InChI=1S/C12H14INO3/c1-7(2)3-11(15)14-10-5-8(12(16)17)4-9(13)6-10/h4-7H,3H2,1-2H3,(H,14,15)(H,16,17). The van der Waals surface area contributed by atoms with Gasteiger partial charge in [-0.3, -0.25) is 4.79 Å². The smallest absolute Gasteiger partial charge is 0.335 e. The van der Waals surface area contributed by atoms with E-state index in [1.807, 2.05) is 36.4 Å². The SMILES string of the molecule is CC(C)CC(=O)Nc1cc(I)cc(C(=O)O)c1. The lowest BCUT2D eigenvalue weighted by atomic mass is 10.1. The second kappa shape index (κ2) is 6.00. The van der Waals surface area contributed by atoms with Gasteiger partial charge in [-0.15, -0.1) is 0 Å². The number of carbonyl (C=O) groups is 2. The number of halogens is 1. The Kier molecular flexibility index (Phi) is 4.92. The number of carbonyl (C=O) groups excluding carboxylic acids is 1. The Bertz CT molecular complexity index is 443. The van der Waals surface area contributed by atoms with E-state index in [-0.39, 0.29) is 17.4 Å². The summed E-state index contributed by atoms with van der Waals surface area (Å²) in [4.78, 5) is 22.4. The van der Waals surface area contributed by atoms with Crippen molar-refractivity contribution in [1.29, 1.82) is 0 Å². The quantitative estimate of drug-likeness (QED) is 0.823. The monoisotopic (exact) mass is 347 g/mol. The minimum Gasteiger partial charge on any atom is -0.478 e. The van der Waals surface area contributed by atoms with Gasteiger partial charge in [-0.05, 0) is 46.7 Å². The van der Waals surface area contributed by atoms with Gasteiger partial charge in [0.1, 0.15) is 0 Å². The summed E-state index contributed by atoms with van der Waals surface area (Å²) in [6.45, 7) is 3.91. The molecule has 2 N–H and O–H groups in total. The van der Waals surface area contributed by atoms with Crippen LogP contribution >= 0.6 is 22.6 Å². The Labute approximate surface area is 114 Å². The first-order valence-corrected chi connectivity index (χ1v) is 6.30. The molecule has 0 spiro atoms. The lowest BCUT2D eigenvalue weighted by Gasteiger charge is -2.08. The van der Waals surface area contributed by atoms with Crippen LogP contribution < -0.4 is 5.32 Å². The van der Waals surface area contributed by atoms with Gasteiger partial charge < -0.3 is 10.4 Å². The highest BCUT2D eigenvalue weighted by Crippen LogP contribution is 2.17. The zero-order valence-corrected chi connectivity index (χ0v) is 11.8. The molecule has 0 fully saturated rings. The Balaban J connectivity index is 2.84. The normalized spacial score (nSPS) is 10.4. The number of hydrogen-bond donors (Lipinski definition) is 2. The van der Waals surface area contributed by atoms with Crippen LogP contribution in [-0.2, 0) is 4.79 Å². The van der Waals surface area contributed by atoms with Crippen LogP contribution in [0.15, 0.2) is 18.2 Å². The average molecular weight is 347 g/mol. The summed E-state index contributed by atoms with van der Waals surface area (Å²) in [5.41, 5.74) is 0.705. The largest absolute Gasteiger partial charge is 0.478 e. The van der Waals surface area contributed by atoms with Crippen LogP contribution in [0.2, 0.25) is 0 Å². The minimum atomic E-state index is -0.997. The molecule has 0 aliphatic rings. The summed E-state index contributed by atoms with van der Waals surface area (Å²) in [6, 6.07) is 4.76.